The molecule has 22 heavy (non-hydrogen) atoms. The lowest BCUT2D eigenvalue weighted by Crippen LogP contribution is -2.42. The van der Waals surface area contributed by atoms with Crippen molar-refractivity contribution >= 4 is 17.5 Å². The molecule has 1 aliphatic carbocycles. The van der Waals surface area contributed by atoms with Crippen LogP contribution in [-0.2, 0) is 4.79 Å². The Bertz CT molecular complexity index is 565. The maximum atomic E-state index is 12.2. The van der Waals surface area contributed by atoms with Crippen molar-refractivity contribution in [2.75, 3.05) is 5.32 Å². The van der Waals surface area contributed by atoms with Gasteiger partial charge in [-0.25, -0.2) is 0 Å². The summed E-state index contributed by atoms with van der Waals surface area (Å²) in [6.07, 6.45) is 1.82. The number of carbonyl (C=O) groups excluding carboxylic acids is 2. The number of nitrogens with one attached hydrogen (secondary N) is 3. The van der Waals surface area contributed by atoms with E-state index in [2.05, 4.69) is 36.9 Å². The highest BCUT2D eigenvalue weighted by Gasteiger charge is 2.29. The molecule has 0 aliphatic heterocycles. The molecular formula is C17H25N3O2. The van der Waals surface area contributed by atoms with Gasteiger partial charge in [-0.3, -0.25) is 20.4 Å². The van der Waals surface area contributed by atoms with Gasteiger partial charge in [-0.2, -0.15) is 0 Å². The van der Waals surface area contributed by atoms with E-state index >= 15 is 0 Å². The molecule has 0 saturated heterocycles. The predicted octanol–water partition coefficient (Wildman–Crippen LogP) is 2.62. The van der Waals surface area contributed by atoms with Gasteiger partial charge in [0.2, 0.25) is 5.91 Å². The third-order valence-corrected chi connectivity index (χ3v) is 4.21. The molecule has 5 heteroatoms. The lowest BCUT2D eigenvalue weighted by molar-refractivity contribution is -0.123. The van der Waals surface area contributed by atoms with E-state index in [1.54, 1.807) is 6.07 Å². The van der Waals surface area contributed by atoms with E-state index < -0.39 is 0 Å². The normalized spacial score (nSPS) is 15.3. The van der Waals surface area contributed by atoms with Gasteiger partial charge < -0.3 is 5.32 Å². The van der Waals surface area contributed by atoms with Crippen molar-refractivity contribution in [1.29, 1.82) is 0 Å². The number of hydrazine groups is 1. The molecule has 1 atom stereocenters. The molecule has 2 rings (SSSR count). The third-order valence-electron chi connectivity index (χ3n) is 4.21. The minimum atomic E-state index is -0.285. The molecule has 0 bridgehead atoms. The Hall–Kier alpha value is -2.04. The van der Waals surface area contributed by atoms with Gasteiger partial charge in [-0.1, -0.05) is 19.9 Å². The second-order valence-electron chi connectivity index (χ2n) is 6.37. The summed E-state index contributed by atoms with van der Waals surface area (Å²) in [5.41, 5.74) is 7.38. The van der Waals surface area contributed by atoms with E-state index in [1.165, 1.54) is 0 Å². The first kappa shape index (κ1) is 16.3. The van der Waals surface area contributed by atoms with Crippen LogP contribution in [0.1, 0.15) is 49.5 Å². The molecule has 1 aliphatic rings. The van der Waals surface area contributed by atoms with Gasteiger partial charge in [0.1, 0.15) is 0 Å². The van der Waals surface area contributed by atoms with Crippen molar-refractivity contribution in [1.82, 2.24) is 10.9 Å². The summed E-state index contributed by atoms with van der Waals surface area (Å²) in [6, 6.07) is 5.89. The first-order valence-electron chi connectivity index (χ1n) is 7.86. The quantitative estimate of drug-likeness (QED) is 0.732. The van der Waals surface area contributed by atoms with Crippen LogP contribution >= 0.6 is 0 Å². The second kappa shape index (κ2) is 6.81. The molecule has 0 unspecified atom stereocenters. The predicted molar refractivity (Wildman–Crippen MR) is 87.4 cm³/mol. The first-order valence-corrected chi connectivity index (χ1v) is 7.86. The largest absolute Gasteiger partial charge is 0.382 e. The zero-order valence-corrected chi connectivity index (χ0v) is 13.7. The highest BCUT2D eigenvalue weighted by atomic mass is 16.2. The van der Waals surface area contributed by atoms with Crippen molar-refractivity contribution in [2.45, 2.75) is 46.6 Å². The van der Waals surface area contributed by atoms with Crippen LogP contribution in [0.15, 0.2) is 18.2 Å². The Labute approximate surface area is 131 Å². The molecule has 1 aromatic carbocycles. The van der Waals surface area contributed by atoms with Crippen LogP contribution in [0.2, 0.25) is 0 Å². The van der Waals surface area contributed by atoms with Crippen LogP contribution < -0.4 is 16.2 Å². The van der Waals surface area contributed by atoms with E-state index in [4.69, 9.17) is 0 Å². The highest BCUT2D eigenvalue weighted by Crippen LogP contribution is 2.28. The Morgan fingerprint density at radius 1 is 1.14 bits per heavy atom. The molecule has 0 spiro atoms. The van der Waals surface area contributed by atoms with E-state index in [1.807, 2.05) is 19.1 Å². The molecule has 0 radical (unpaired) electrons. The van der Waals surface area contributed by atoms with Crippen molar-refractivity contribution in [2.24, 2.45) is 11.8 Å². The second-order valence-corrected chi connectivity index (χ2v) is 6.37. The van der Waals surface area contributed by atoms with Gasteiger partial charge in [0.25, 0.3) is 5.91 Å². The standard InChI is InChI=1S/C17H25N3O2/c1-10(2)12(4)18-15-7-5-6-14(11(15)3)17(22)20-19-16(21)13-8-9-13/h5-7,10,12-13,18H,8-9H2,1-4H3,(H,19,21)(H,20,22)/t12-/m0/s1. The molecule has 2 amide bonds. The van der Waals surface area contributed by atoms with Gasteiger partial charge in [0, 0.05) is 23.2 Å². The zero-order valence-electron chi connectivity index (χ0n) is 13.7. The minimum Gasteiger partial charge on any atom is -0.382 e. The molecule has 0 aromatic heterocycles. The van der Waals surface area contributed by atoms with Crippen molar-refractivity contribution in [3.63, 3.8) is 0 Å². The van der Waals surface area contributed by atoms with Crippen LogP contribution in [-0.4, -0.2) is 17.9 Å². The van der Waals surface area contributed by atoms with Crippen LogP contribution in [0.3, 0.4) is 0 Å². The van der Waals surface area contributed by atoms with Gasteiger partial charge in [0.05, 0.1) is 0 Å². The number of carbonyl (C=O) groups is 2. The number of hydrogen-bond donors (Lipinski definition) is 3. The van der Waals surface area contributed by atoms with Crippen LogP contribution in [0.4, 0.5) is 5.69 Å². The molecule has 1 saturated carbocycles. The van der Waals surface area contributed by atoms with E-state index in [0.29, 0.717) is 17.5 Å². The number of hydrogen-bond acceptors (Lipinski definition) is 3. The van der Waals surface area contributed by atoms with Gasteiger partial charge >= 0.3 is 0 Å². The minimum absolute atomic E-state index is 0.0706. The summed E-state index contributed by atoms with van der Waals surface area (Å²) < 4.78 is 0. The number of anilines is 1. The SMILES string of the molecule is Cc1c(N[C@@H](C)C(C)C)cccc1C(=O)NNC(=O)C1CC1. The molecule has 0 heterocycles. The van der Waals surface area contributed by atoms with E-state index in [0.717, 1.165) is 24.1 Å². The van der Waals surface area contributed by atoms with E-state index in [-0.39, 0.29) is 17.7 Å². The van der Waals surface area contributed by atoms with Gasteiger partial charge in [-0.15, -0.1) is 0 Å². The lowest BCUT2D eigenvalue weighted by atomic mass is 10.0. The average Bonchev–Trinajstić information content (AvgIpc) is 3.31. The fraction of sp³-hybridized carbons (Fsp3) is 0.529. The lowest BCUT2D eigenvalue weighted by Gasteiger charge is -2.21. The highest BCUT2D eigenvalue weighted by molar-refractivity contribution is 5.98. The summed E-state index contributed by atoms with van der Waals surface area (Å²) in [6.45, 7) is 8.33. The zero-order chi connectivity index (χ0) is 16.3. The van der Waals surface area contributed by atoms with Crippen molar-refractivity contribution < 1.29 is 9.59 Å². The fourth-order valence-corrected chi connectivity index (χ4v) is 2.08. The average molecular weight is 303 g/mol. The molecule has 1 fully saturated rings. The fourth-order valence-electron chi connectivity index (χ4n) is 2.08. The number of benzene rings is 1. The van der Waals surface area contributed by atoms with Crippen molar-refractivity contribution in [3.8, 4) is 0 Å². The number of amides is 2. The molecule has 1 aromatic rings. The summed E-state index contributed by atoms with van der Waals surface area (Å²) in [5.74, 6) is 0.178. The Morgan fingerprint density at radius 3 is 2.41 bits per heavy atom. The molecular weight excluding hydrogens is 278 g/mol. The Kier molecular flexibility index (Phi) is 5.06. The molecule has 120 valence electrons. The summed E-state index contributed by atoms with van der Waals surface area (Å²) in [5, 5.41) is 3.43. The van der Waals surface area contributed by atoms with Crippen LogP contribution in [0.25, 0.3) is 0 Å². The molecule has 3 N–H and O–H groups in total. The number of rotatable bonds is 5. The van der Waals surface area contributed by atoms with E-state index in [9.17, 15) is 9.59 Å². The summed E-state index contributed by atoms with van der Waals surface area (Å²) >= 11 is 0. The van der Waals surface area contributed by atoms with Crippen LogP contribution in [0, 0.1) is 18.8 Å². The smallest absolute Gasteiger partial charge is 0.270 e. The van der Waals surface area contributed by atoms with Crippen LogP contribution in [0.5, 0.6) is 0 Å². The third kappa shape index (κ3) is 4.00. The van der Waals surface area contributed by atoms with Gasteiger partial charge in [0.15, 0.2) is 0 Å². The topological polar surface area (TPSA) is 70.2 Å². The Balaban J connectivity index is 2.03. The summed E-state index contributed by atoms with van der Waals surface area (Å²) in [4.78, 5) is 23.8. The Morgan fingerprint density at radius 2 is 1.82 bits per heavy atom. The summed E-state index contributed by atoms with van der Waals surface area (Å²) in [7, 11) is 0. The maximum Gasteiger partial charge on any atom is 0.270 e. The first-order chi connectivity index (χ1) is 10.4. The van der Waals surface area contributed by atoms with Crippen molar-refractivity contribution in [3.05, 3.63) is 29.3 Å². The van der Waals surface area contributed by atoms with Gasteiger partial charge in [-0.05, 0) is 50.3 Å². The molecule has 5 nitrogen and oxygen atoms in total. The maximum absolute atomic E-state index is 12.2. The monoisotopic (exact) mass is 303 g/mol.